The summed E-state index contributed by atoms with van der Waals surface area (Å²) in [5.74, 6) is -0.499. The number of carbonyl (C=O) groups is 2. The van der Waals surface area contributed by atoms with Crippen molar-refractivity contribution in [3.8, 4) is 0 Å². The van der Waals surface area contributed by atoms with Gasteiger partial charge in [0.15, 0.2) is 0 Å². The minimum atomic E-state index is -0.967. The zero-order valence-corrected chi connectivity index (χ0v) is 14.1. The van der Waals surface area contributed by atoms with Gasteiger partial charge in [-0.25, -0.2) is 0 Å². The van der Waals surface area contributed by atoms with Crippen molar-refractivity contribution >= 4 is 29.1 Å². The number of rotatable bonds is 5. The maximum Gasteiger partial charge on any atom is 0.240 e. The molecule has 1 aliphatic carbocycles. The van der Waals surface area contributed by atoms with E-state index in [-0.39, 0.29) is 17.9 Å². The Hall–Kier alpha value is -2.33. The smallest absolute Gasteiger partial charge is 0.240 e. The van der Waals surface area contributed by atoms with Gasteiger partial charge in [-0.05, 0) is 43.5 Å². The molecule has 24 heavy (non-hydrogen) atoms. The normalized spacial score (nSPS) is 16.1. The highest BCUT2D eigenvalue weighted by molar-refractivity contribution is 6.31. The van der Waals surface area contributed by atoms with Crippen molar-refractivity contribution in [2.75, 3.05) is 5.32 Å². The second-order valence-electron chi connectivity index (χ2n) is 6.15. The molecule has 0 aromatic heterocycles. The van der Waals surface area contributed by atoms with E-state index < -0.39 is 5.41 Å². The Morgan fingerprint density at radius 3 is 2.38 bits per heavy atom. The third-order valence-corrected chi connectivity index (χ3v) is 4.58. The van der Waals surface area contributed by atoms with E-state index in [9.17, 15) is 9.59 Å². The van der Waals surface area contributed by atoms with Crippen LogP contribution in [-0.4, -0.2) is 11.8 Å². The van der Waals surface area contributed by atoms with E-state index in [0.29, 0.717) is 23.6 Å². The molecular formula is C19H19ClN2O2. The highest BCUT2D eigenvalue weighted by Crippen LogP contribution is 2.47. The van der Waals surface area contributed by atoms with Crippen molar-refractivity contribution in [2.45, 2.75) is 25.8 Å². The Balaban J connectivity index is 1.66. The predicted octanol–water partition coefficient (Wildman–Crippen LogP) is 3.94. The quantitative estimate of drug-likeness (QED) is 0.809. The summed E-state index contributed by atoms with van der Waals surface area (Å²) in [4.78, 5) is 25.2. The van der Waals surface area contributed by atoms with Crippen LogP contribution in [0.3, 0.4) is 0 Å². The topological polar surface area (TPSA) is 58.2 Å². The molecule has 5 heteroatoms. The minimum Gasteiger partial charge on any atom is -0.349 e. The summed E-state index contributed by atoms with van der Waals surface area (Å²) in [5, 5.41) is 6.29. The fourth-order valence-corrected chi connectivity index (χ4v) is 2.85. The van der Waals surface area contributed by atoms with Gasteiger partial charge in [-0.3, -0.25) is 9.59 Å². The number of benzene rings is 2. The molecule has 0 heterocycles. The van der Waals surface area contributed by atoms with Crippen LogP contribution in [0, 0.1) is 5.41 Å². The third-order valence-electron chi connectivity index (χ3n) is 4.35. The summed E-state index contributed by atoms with van der Waals surface area (Å²) in [6.07, 6.45) is 1.12. The summed E-state index contributed by atoms with van der Waals surface area (Å²) in [6.45, 7) is 1.91. The average Bonchev–Trinajstić information content (AvgIpc) is 3.37. The van der Waals surface area contributed by atoms with Gasteiger partial charge in [0.2, 0.25) is 11.8 Å². The molecule has 0 radical (unpaired) electrons. The van der Waals surface area contributed by atoms with Crippen molar-refractivity contribution in [3.05, 3.63) is 65.2 Å². The van der Waals surface area contributed by atoms with E-state index >= 15 is 0 Å². The van der Waals surface area contributed by atoms with Crippen LogP contribution in [0.5, 0.6) is 0 Å². The van der Waals surface area contributed by atoms with Crippen molar-refractivity contribution in [3.63, 3.8) is 0 Å². The molecule has 1 unspecified atom stereocenters. The molecule has 0 aliphatic heterocycles. The second-order valence-corrected chi connectivity index (χ2v) is 6.59. The van der Waals surface area contributed by atoms with Crippen molar-refractivity contribution < 1.29 is 9.59 Å². The molecule has 1 fully saturated rings. The van der Waals surface area contributed by atoms with Crippen LogP contribution in [0.2, 0.25) is 5.02 Å². The number of carbonyl (C=O) groups excluding carboxylic acids is 2. The van der Waals surface area contributed by atoms with E-state index in [4.69, 9.17) is 11.6 Å². The van der Waals surface area contributed by atoms with Crippen molar-refractivity contribution in [2.24, 2.45) is 5.41 Å². The molecule has 0 spiro atoms. The Kier molecular flexibility index (Phi) is 4.58. The SMILES string of the molecule is CC(NC(=O)C1(C(=O)Nc2cccc(Cl)c2)CC1)c1ccccc1. The maximum atomic E-state index is 12.6. The minimum absolute atomic E-state index is 0.143. The first-order chi connectivity index (χ1) is 11.5. The first-order valence-electron chi connectivity index (χ1n) is 7.94. The standard InChI is InChI=1S/C19H19ClN2O2/c1-13(14-6-3-2-4-7-14)21-17(23)19(10-11-19)18(24)22-16-9-5-8-15(20)12-16/h2-9,12-13H,10-11H2,1H3,(H,21,23)(H,22,24). The first kappa shape index (κ1) is 16.5. The van der Waals surface area contributed by atoms with Gasteiger partial charge in [0.25, 0.3) is 0 Å². The van der Waals surface area contributed by atoms with E-state index in [0.717, 1.165) is 5.56 Å². The summed E-state index contributed by atoms with van der Waals surface area (Å²) >= 11 is 5.93. The van der Waals surface area contributed by atoms with Crippen LogP contribution in [0.4, 0.5) is 5.69 Å². The van der Waals surface area contributed by atoms with Gasteiger partial charge in [0.1, 0.15) is 5.41 Å². The Morgan fingerprint density at radius 2 is 1.75 bits per heavy atom. The molecule has 1 atom stereocenters. The number of nitrogens with one attached hydrogen (secondary N) is 2. The van der Waals surface area contributed by atoms with Crippen molar-refractivity contribution in [1.82, 2.24) is 5.32 Å². The van der Waals surface area contributed by atoms with Crippen LogP contribution < -0.4 is 10.6 Å². The molecule has 4 nitrogen and oxygen atoms in total. The first-order valence-corrected chi connectivity index (χ1v) is 8.32. The largest absolute Gasteiger partial charge is 0.349 e. The van der Waals surface area contributed by atoms with Gasteiger partial charge in [0.05, 0.1) is 6.04 Å². The molecule has 0 bridgehead atoms. The summed E-state index contributed by atoms with van der Waals surface area (Å²) in [7, 11) is 0. The molecule has 124 valence electrons. The molecule has 2 aromatic carbocycles. The number of hydrogen-bond donors (Lipinski definition) is 2. The van der Waals surface area contributed by atoms with Gasteiger partial charge in [0, 0.05) is 10.7 Å². The van der Waals surface area contributed by atoms with Gasteiger partial charge in [-0.15, -0.1) is 0 Å². The van der Waals surface area contributed by atoms with E-state index in [1.165, 1.54) is 0 Å². The lowest BCUT2D eigenvalue weighted by Crippen LogP contribution is -2.41. The van der Waals surface area contributed by atoms with Crippen LogP contribution in [-0.2, 0) is 9.59 Å². The molecule has 1 aliphatic rings. The maximum absolute atomic E-state index is 12.6. The van der Waals surface area contributed by atoms with E-state index in [1.807, 2.05) is 37.3 Å². The second kappa shape index (κ2) is 6.65. The lowest BCUT2D eigenvalue weighted by atomic mass is 10.0. The van der Waals surface area contributed by atoms with Crippen LogP contribution in [0.1, 0.15) is 31.4 Å². The summed E-state index contributed by atoms with van der Waals surface area (Å²) in [5.41, 5.74) is 0.644. The molecule has 2 amide bonds. The van der Waals surface area contributed by atoms with Crippen LogP contribution >= 0.6 is 11.6 Å². The van der Waals surface area contributed by atoms with Gasteiger partial charge in [-0.1, -0.05) is 48.0 Å². The Morgan fingerprint density at radius 1 is 1.04 bits per heavy atom. The number of anilines is 1. The predicted molar refractivity (Wildman–Crippen MR) is 94.7 cm³/mol. The Bertz CT molecular complexity index is 757. The average molecular weight is 343 g/mol. The molecule has 3 rings (SSSR count). The van der Waals surface area contributed by atoms with E-state index in [1.54, 1.807) is 24.3 Å². The molecule has 1 saturated carbocycles. The van der Waals surface area contributed by atoms with Crippen LogP contribution in [0.15, 0.2) is 54.6 Å². The van der Waals surface area contributed by atoms with E-state index in [2.05, 4.69) is 10.6 Å². The molecule has 2 N–H and O–H groups in total. The number of halogens is 1. The highest BCUT2D eigenvalue weighted by atomic mass is 35.5. The molecule has 2 aromatic rings. The Labute approximate surface area is 146 Å². The summed E-state index contributed by atoms with van der Waals surface area (Å²) in [6, 6.07) is 16.5. The lowest BCUT2D eigenvalue weighted by Gasteiger charge is -2.19. The third kappa shape index (κ3) is 3.44. The van der Waals surface area contributed by atoms with Gasteiger partial charge in [-0.2, -0.15) is 0 Å². The zero-order chi connectivity index (χ0) is 17.2. The number of amides is 2. The zero-order valence-electron chi connectivity index (χ0n) is 13.4. The lowest BCUT2D eigenvalue weighted by molar-refractivity contribution is -0.134. The number of hydrogen-bond acceptors (Lipinski definition) is 2. The fourth-order valence-electron chi connectivity index (χ4n) is 2.66. The fraction of sp³-hybridized carbons (Fsp3) is 0.263. The van der Waals surface area contributed by atoms with Crippen LogP contribution in [0.25, 0.3) is 0 Å². The molecular weight excluding hydrogens is 324 g/mol. The highest BCUT2D eigenvalue weighted by Gasteiger charge is 2.56. The monoisotopic (exact) mass is 342 g/mol. The summed E-state index contributed by atoms with van der Waals surface area (Å²) < 4.78 is 0. The molecule has 0 saturated heterocycles. The van der Waals surface area contributed by atoms with Gasteiger partial charge >= 0.3 is 0 Å². The van der Waals surface area contributed by atoms with Crippen molar-refractivity contribution in [1.29, 1.82) is 0 Å². The van der Waals surface area contributed by atoms with Gasteiger partial charge < -0.3 is 10.6 Å².